The lowest BCUT2D eigenvalue weighted by molar-refractivity contribution is -0.146. The van der Waals surface area contributed by atoms with Gasteiger partial charge < -0.3 is 9.84 Å². The fourth-order valence-corrected chi connectivity index (χ4v) is 1.58. The van der Waals surface area contributed by atoms with Crippen molar-refractivity contribution in [2.45, 2.75) is 45.3 Å². The van der Waals surface area contributed by atoms with Crippen LogP contribution in [0.2, 0.25) is 0 Å². The summed E-state index contributed by atoms with van der Waals surface area (Å²) in [6.45, 7) is 4.71. The molecule has 0 aliphatic rings. The molecular formula is C10H16F3N3O. The predicted molar refractivity (Wildman–Crippen MR) is 55.4 cm³/mol. The first-order valence-corrected chi connectivity index (χ1v) is 5.60. The van der Waals surface area contributed by atoms with E-state index in [4.69, 9.17) is 0 Å². The highest BCUT2D eigenvalue weighted by Crippen LogP contribution is 2.26. The number of halogens is 3. The summed E-state index contributed by atoms with van der Waals surface area (Å²) in [4.78, 5) is 3.34. The number of nitrogens with one attached hydrogen (secondary N) is 1. The lowest BCUT2D eigenvalue weighted by Crippen LogP contribution is -2.30. The lowest BCUT2D eigenvalue weighted by atomic mass is 10.1. The van der Waals surface area contributed by atoms with Crippen molar-refractivity contribution in [3.05, 3.63) is 11.7 Å². The second kappa shape index (κ2) is 6.00. The van der Waals surface area contributed by atoms with Crippen LogP contribution in [0.4, 0.5) is 13.2 Å². The van der Waals surface area contributed by atoms with Gasteiger partial charge in [-0.05, 0) is 13.0 Å². The molecule has 1 atom stereocenters. The maximum Gasteiger partial charge on any atom is 0.455 e. The van der Waals surface area contributed by atoms with Gasteiger partial charge in [0, 0.05) is 12.5 Å². The minimum absolute atomic E-state index is 0.0247. The third kappa shape index (κ3) is 4.33. The van der Waals surface area contributed by atoms with Crippen molar-refractivity contribution in [3.8, 4) is 0 Å². The third-order valence-electron chi connectivity index (χ3n) is 2.27. The number of nitrogens with zero attached hydrogens (tertiary/aromatic N) is 2. The molecule has 1 unspecified atom stereocenters. The molecule has 0 bridgehead atoms. The van der Waals surface area contributed by atoms with Crippen molar-refractivity contribution in [1.82, 2.24) is 15.5 Å². The van der Waals surface area contributed by atoms with Crippen molar-refractivity contribution in [3.63, 3.8) is 0 Å². The number of aromatic nitrogens is 2. The molecule has 0 radical (unpaired) electrons. The van der Waals surface area contributed by atoms with Crippen molar-refractivity contribution in [2.75, 3.05) is 6.54 Å². The van der Waals surface area contributed by atoms with E-state index in [-0.39, 0.29) is 11.9 Å². The predicted octanol–water partition coefficient (Wildman–Crippen LogP) is 2.41. The molecule has 0 aliphatic carbocycles. The van der Waals surface area contributed by atoms with E-state index in [0.717, 1.165) is 19.4 Å². The van der Waals surface area contributed by atoms with Crippen molar-refractivity contribution in [1.29, 1.82) is 0 Å². The molecule has 1 aromatic rings. The number of rotatable bonds is 6. The Morgan fingerprint density at radius 3 is 2.53 bits per heavy atom. The first-order chi connectivity index (χ1) is 7.97. The smallest absolute Gasteiger partial charge is 0.339 e. The number of hydrogen-bond acceptors (Lipinski definition) is 4. The van der Waals surface area contributed by atoms with Crippen LogP contribution in [-0.2, 0) is 12.6 Å². The fraction of sp³-hybridized carbons (Fsp3) is 0.800. The molecule has 7 heteroatoms. The van der Waals surface area contributed by atoms with Gasteiger partial charge in [-0.3, -0.25) is 0 Å². The van der Waals surface area contributed by atoms with Gasteiger partial charge in [0.2, 0.25) is 5.89 Å². The van der Waals surface area contributed by atoms with Crippen molar-refractivity contribution < 1.29 is 17.7 Å². The zero-order valence-electron chi connectivity index (χ0n) is 9.84. The summed E-state index contributed by atoms with van der Waals surface area (Å²) in [5.74, 6) is -1.18. The second-order valence-corrected chi connectivity index (χ2v) is 3.76. The zero-order valence-corrected chi connectivity index (χ0v) is 9.84. The number of alkyl halides is 3. The van der Waals surface area contributed by atoms with Crippen molar-refractivity contribution in [2.24, 2.45) is 0 Å². The fourth-order valence-electron chi connectivity index (χ4n) is 1.58. The average molecular weight is 251 g/mol. The normalized spacial score (nSPS) is 13.9. The van der Waals surface area contributed by atoms with Crippen LogP contribution in [-0.4, -0.2) is 22.7 Å². The minimum atomic E-state index is -4.54. The zero-order chi connectivity index (χ0) is 12.9. The van der Waals surface area contributed by atoms with Gasteiger partial charge in [0.15, 0.2) is 0 Å². The molecule has 17 heavy (non-hydrogen) atoms. The molecular weight excluding hydrogens is 235 g/mol. The molecule has 0 aromatic carbocycles. The molecule has 4 nitrogen and oxygen atoms in total. The highest BCUT2D eigenvalue weighted by molar-refractivity contribution is 4.93. The van der Waals surface area contributed by atoms with E-state index < -0.39 is 12.0 Å². The molecule has 0 spiro atoms. The van der Waals surface area contributed by atoms with Gasteiger partial charge in [-0.15, -0.1) is 0 Å². The second-order valence-electron chi connectivity index (χ2n) is 3.76. The van der Waals surface area contributed by atoms with Crippen LogP contribution < -0.4 is 5.32 Å². The summed E-state index contributed by atoms with van der Waals surface area (Å²) in [5, 5.41) is 6.09. The Hall–Kier alpha value is -1.11. The quantitative estimate of drug-likeness (QED) is 0.843. The SMILES string of the molecule is CCCC(Cc1nc(C(F)(F)F)no1)NCC. The monoisotopic (exact) mass is 251 g/mol. The largest absolute Gasteiger partial charge is 0.455 e. The molecule has 1 rings (SSSR count). The Bertz CT molecular complexity index is 332. The Balaban J connectivity index is 2.63. The summed E-state index contributed by atoms with van der Waals surface area (Å²) in [6.07, 6.45) is -2.42. The van der Waals surface area contributed by atoms with Crippen molar-refractivity contribution >= 4 is 0 Å². The summed E-state index contributed by atoms with van der Waals surface area (Å²) in [6, 6.07) is 0.0755. The van der Waals surface area contributed by atoms with Crippen LogP contribution in [0.25, 0.3) is 0 Å². The van der Waals surface area contributed by atoms with E-state index in [2.05, 4.69) is 20.0 Å². The Morgan fingerprint density at radius 1 is 1.35 bits per heavy atom. The standard InChI is InChI=1S/C10H16F3N3O/c1-3-5-7(14-4-2)6-8-15-9(16-17-8)10(11,12)13/h7,14H,3-6H2,1-2H3. The Morgan fingerprint density at radius 2 is 2.06 bits per heavy atom. The molecule has 0 saturated heterocycles. The van der Waals surface area contributed by atoms with Gasteiger partial charge >= 0.3 is 6.18 Å². The van der Waals surface area contributed by atoms with Crippen LogP contribution in [0.15, 0.2) is 4.52 Å². The molecule has 1 aromatic heterocycles. The third-order valence-corrected chi connectivity index (χ3v) is 2.27. The molecule has 0 aliphatic heterocycles. The van der Waals surface area contributed by atoms with Crippen LogP contribution in [0.3, 0.4) is 0 Å². The highest BCUT2D eigenvalue weighted by atomic mass is 19.4. The Kier molecular flexibility index (Phi) is 4.92. The molecule has 1 N–H and O–H groups in total. The highest BCUT2D eigenvalue weighted by Gasteiger charge is 2.37. The minimum Gasteiger partial charge on any atom is -0.339 e. The topological polar surface area (TPSA) is 51.0 Å². The summed E-state index contributed by atoms with van der Waals surface area (Å²) in [7, 11) is 0. The molecule has 1 heterocycles. The first-order valence-electron chi connectivity index (χ1n) is 5.60. The summed E-state index contributed by atoms with van der Waals surface area (Å²) < 4.78 is 41.3. The van der Waals surface area contributed by atoms with Crippen LogP contribution in [0, 0.1) is 0 Å². The lowest BCUT2D eigenvalue weighted by Gasteiger charge is -2.14. The van der Waals surface area contributed by atoms with Gasteiger partial charge in [0.05, 0.1) is 0 Å². The van der Waals surface area contributed by atoms with Gasteiger partial charge in [0.1, 0.15) is 0 Å². The van der Waals surface area contributed by atoms with E-state index in [1.165, 1.54) is 0 Å². The number of hydrogen-bond donors (Lipinski definition) is 1. The van der Waals surface area contributed by atoms with Gasteiger partial charge in [-0.25, -0.2) is 0 Å². The summed E-state index contributed by atoms with van der Waals surface area (Å²) >= 11 is 0. The molecule has 0 fully saturated rings. The Labute approximate surface area is 97.6 Å². The van der Waals surface area contributed by atoms with E-state index >= 15 is 0 Å². The molecule has 0 saturated carbocycles. The van der Waals surface area contributed by atoms with E-state index in [1.54, 1.807) is 0 Å². The average Bonchev–Trinajstić information content (AvgIpc) is 2.66. The van der Waals surface area contributed by atoms with Gasteiger partial charge in [0.25, 0.3) is 5.82 Å². The van der Waals surface area contributed by atoms with E-state index in [9.17, 15) is 13.2 Å². The number of likely N-dealkylation sites (N-methyl/N-ethyl adjacent to an activating group) is 1. The van der Waals surface area contributed by atoms with Crippen LogP contribution in [0.5, 0.6) is 0 Å². The van der Waals surface area contributed by atoms with E-state index in [1.807, 2.05) is 13.8 Å². The van der Waals surface area contributed by atoms with Crippen LogP contribution in [0.1, 0.15) is 38.4 Å². The van der Waals surface area contributed by atoms with Gasteiger partial charge in [-0.2, -0.15) is 18.2 Å². The maximum absolute atomic E-state index is 12.2. The first kappa shape index (κ1) is 14.0. The molecule has 0 amide bonds. The molecule has 98 valence electrons. The van der Waals surface area contributed by atoms with E-state index in [0.29, 0.717) is 6.42 Å². The van der Waals surface area contributed by atoms with Crippen LogP contribution >= 0.6 is 0 Å². The van der Waals surface area contributed by atoms with Gasteiger partial charge in [-0.1, -0.05) is 25.4 Å². The maximum atomic E-state index is 12.2. The summed E-state index contributed by atoms with van der Waals surface area (Å²) in [5.41, 5.74) is 0.